The van der Waals surface area contributed by atoms with Gasteiger partial charge in [-0.2, -0.15) is 0 Å². The summed E-state index contributed by atoms with van der Waals surface area (Å²) in [5.74, 6) is -0.179. The zero-order chi connectivity index (χ0) is 16.5. The molecular formula is C16H23N3O3S. The number of methoxy groups -OCH3 is 1. The monoisotopic (exact) mass is 337 g/mol. The highest BCUT2D eigenvalue weighted by Gasteiger charge is 2.42. The van der Waals surface area contributed by atoms with Gasteiger partial charge in [0.25, 0.3) is 5.91 Å². The Morgan fingerprint density at radius 1 is 1.57 bits per heavy atom. The van der Waals surface area contributed by atoms with Crippen molar-refractivity contribution in [1.82, 2.24) is 15.2 Å². The number of rotatable bonds is 8. The van der Waals surface area contributed by atoms with E-state index in [2.05, 4.69) is 21.8 Å². The minimum absolute atomic E-state index is 0.179. The van der Waals surface area contributed by atoms with Gasteiger partial charge < -0.3 is 14.8 Å². The van der Waals surface area contributed by atoms with E-state index in [1.807, 2.05) is 18.2 Å². The lowest BCUT2D eigenvalue weighted by Gasteiger charge is -2.36. The van der Waals surface area contributed by atoms with Crippen LogP contribution in [0.2, 0.25) is 0 Å². The van der Waals surface area contributed by atoms with Crippen LogP contribution in [0.3, 0.4) is 0 Å². The molecule has 1 N–H and O–H groups in total. The summed E-state index contributed by atoms with van der Waals surface area (Å²) < 4.78 is 11.1. The number of hydrogen-bond acceptors (Lipinski definition) is 6. The predicted octanol–water partition coefficient (Wildman–Crippen LogP) is 1.15. The molecule has 0 bridgehead atoms. The highest BCUT2D eigenvalue weighted by Crippen LogP contribution is 2.34. The molecule has 0 aromatic carbocycles. The number of pyridine rings is 1. The Balaban J connectivity index is 2.18. The average Bonchev–Trinajstić information content (AvgIpc) is 2.60. The number of hydrogen-bond donors (Lipinski definition) is 1. The number of aromatic nitrogens is 1. The van der Waals surface area contributed by atoms with E-state index in [1.54, 1.807) is 19.4 Å². The fourth-order valence-electron chi connectivity index (χ4n) is 2.28. The van der Waals surface area contributed by atoms with Gasteiger partial charge in [0.1, 0.15) is 0 Å². The summed E-state index contributed by atoms with van der Waals surface area (Å²) >= 11 is 1.33. The number of carbonyl (C=O) groups is 1. The van der Waals surface area contributed by atoms with E-state index in [-0.39, 0.29) is 5.91 Å². The summed E-state index contributed by atoms with van der Waals surface area (Å²) in [6.45, 7) is 7.41. The molecule has 1 saturated heterocycles. The maximum atomic E-state index is 12.7. The summed E-state index contributed by atoms with van der Waals surface area (Å²) in [6, 6.07) is 5.61. The number of amides is 1. The third kappa shape index (κ3) is 5.04. The van der Waals surface area contributed by atoms with Gasteiger partial charge in [-0.25, -0.2) is 4.98 Å². The Labute approximate surface area is 141 Å². The summed E-state index contributed by atoms with van der Waals surface area (Å²) in [5, 5.41) is 3.59. The number of carbonyl (C=O) groups excluding carboxylic acids is 1. The first-order valence-corrected chi connectivity index (χ1v) is 8.36. The van der Waals surface area contributed by atoms with Crippen LogP contribution in [0.15, 0.2) is 42.1 Å². The fourth-order valence-corrected chi connectivity index (χ4v) is 3.37. The number of morpholine rings is 1. The van der Waals surface area contributed by atoms with Gasteiger partial charge in [-0.15, -0.1) is 6.58 Å². The van der Waals surface area contributed by atoms with Crippen LogP contribution >= 0.6 is 11.8 Å². The molecule has 1 aromatic heterocycles. The first-order chi connectivity index (χ1) is 11.2. The van der Waals surface area contributed by atoms with Crippen molar-refractivity contribution in [1.29, 1.82) is 0 Å². The molecule has 2 heterocycles. The largest absolute Gasteiger partial charge is 0.379 e. The molecule has 1 fully saturated rings. The Hall–Kier alpha value is -1.41. The summed E-state index contributed by atoms with van der Waals surface area (Å²) in [4.78, 5) is 18.2. The first kappa shape index (κ1) is 17.9. The molecular weight excluding hydrogens is 314 g/mol. The molecule has 0 spiro atoms. The van der Waals surface area contributed by atoms with E-state index in [4.69, 9.17) is 9.47 Å². The Kier molecular flexibility index (Phi) is 7.04. The minimum Gasteiger partial charge on any atom is -0.379 e. The summed E-state index contributed by atoms with van der Waals surface area (Å²) in [7, 11) is 1.56. The average molecular weight is 337 g/mol. The smallest absolute Gasteiger partial charge is 0.264 e. The summed E-state index contributed by atoms with van der Waals surface area (Å²) in [6.07, 6.45) is 3.36. The third-order valence-corrected chi connectivity index (χ3v) is 4.79. The van der Waals surface area contributed by atoms with Crippen LogP contribution in [0.25, 0.3) is 0 Å². The number of ether oxygens (including phenoxy) is 2. The molecule has 1 unspecified atom stereocenters. The zero-order valence-electron chi connectivity index (χ0n) is 13.4. The molecule has 1 aliphatic rings. The van der Waals surface area contributed by atoms with Crippen molar-refractivity contribution in [3.05, 3.63) is 37.1 Å². The number of thioether (sulfide) groups is 1. The molecule has 0 radical (unpaired) electrons. The van der Waals surface area contributed by atoms with Gasteiger partial charge in [-0.3, -0.25) is 9.69 Å². The van der Waals surface area contributed by atoms with Gasteiger partial charge in [0.2, 0.25) is 4.93 Å². The van der Waals surface area contributed by atoms with Gasteiger partial charge in [0, 0.05) is 39.5 Å². The number of nitrogens with zero attached hydrogens (tertiary/aromatic N) is 2. The van der Waals surface area contributed by atoms with Crippen LogP contribution in [-0.4, -0.2) is 67.2 Å². The predicted molar refractivity (Wildman–Crippen MR) is 90.3 cm³/mol. The van der Waals surface area contributed by atoms with Crippen molar-refractivity contribution in [2.75, 3.05) is 46.5 Å². The van der Waals surface area contributed by atoms with Crippen molar-refractivity contribution in [2.45, 2.75) is 9.96 Å². The van der Waals surface area contributed by atoms with Crippen LogP contribution < -0.4 is 5.32 Å². The van der Waals surface area contributed by atoms with Crippen LogP contribution in [0.5, 0.6) is 0 Å². The van der Waals surface area contributed by atoms with E-state index in [9.17, 15) is 4.79 Å². The maximum Gasteiger partial charge on any atom is 0.264 e. The van der Waals surface area contributed by atoms with E-state index >= 15 is 0 Å². The Bertz CT molecular complexity index is 509. The lowest BCUT2D eigenvalue weighted by atomic mass is 10.2. The molecule has 1 aromatic rings. The van der Waals surface area contributed by atoms with Crippen LogP contribution in [0.1, 0.15) is 0 Å². The molecule has 126 valence electrons. The quantitative estimate of drug-likeness (QED) is 0.436. The maximum absolute atomic E-state index is 12.7. The molecule has 7 heteroatoms. The molecule has 2 rings (SSSR count). The molecule has 1 amide bonds. The van der Waals surface area contributed by atoms with Crippen LogP contribution in [0.4, 0.5) is 0 Å². The summed E-state index contributed by atoms with van der Waals surface area (Å²) in [5.41, 5.74) is 0. The molecule has 6 nitrogen and oxygen atoms in total. The lowest BCUT2D eigenvalue weighted by molar-refractivity contribution is -0.136. The van der Waals surface area contributed by atoms with Crippen molar-refractivity contribution in [2.24, 2.45) is 0 Å². The number of nitrogens with one attached hydrogen (secondary N) is 1. The molecule has 23 heavy (non-hydrogen) atoms. The van der Waals surface area contributed by atoms with Crippen molar-refractivity contribution in [3.8, 4) is 0 Å². The van der Waals surface area contributed by atoms with Crippen molar-refractivity contribution >= 4 is 17.7 Å². The second-order valence-corrected chi connectivity index (χ2v) is 6.40. The molecule has 0 saturated carbocycles. The van der Waals surface area contributed by atoms with Crippen LogP contribution in [0, 0.1) is 0 Å². The van der Waals surface area contributed by atoms with E-state index in [1.165, 1.54) is 11.8 Å². The zero-order valence-corrected chi connectivity index (χ0v) is 14.2. The first-order valence-electron chi connectivity index (χ1n) is 7.54. The second kappa shape index (κ2) is 9.02. The van der Waals surface area contributed by atoms with Gasteiger partial charge in [-0.1, -0.05) is 23.9 Å². The van der Waals surface area contributed by atoms with Crippen molar-refractivity contribution < 1.29 is 14.3 Å². The van der Waals surface area contributed by atoms with Crippen molar-refractivity contribution in [3.63, 3.8) is 0 Å². The SMILES string of the molecule is C=CCNC(=O)C(CN1CCOCC1)(OC)Sc1ccccn1. The third-order valence-electron chi connectivity index (χ3n) is 3.53. The van der Waals surface area contributed by atoms with E-state index in [0.29, 0.717) is 26.3 Å². The highest BCUT2D eigenvalue weighted by molar-refractivity contribution is 8.01. The lowest BCUT2D eigenvalue weighted by Crippen LogP contribution is -2.55. The van der Waals surface area contributed by atoms with Gasteiger partial charge in [0.05, 0.1) is 18.2 Å². The Morgan fingerprint density at radius 2 is 2.35 bits per heavy atom. The Morgan fingerprint density at radius 3 is 2.96 bits per heavy atom. The van der Waals surface area contributed by atoms with Crippen LogP contribution in [-0.2, 0) is 14.3 Å². The van der Waals surface area contributed by atoms with Gasteiger partial charge in [0.15, 0.2) is 0 Å². The highest BCUT2D eigenvalue weighted by atomic mass is 32.2. The molecule has 1 atom stereocenters. The van der Waals surface area contributed by atoms with Gasteiger partial charge in [-0.05, 0) is 12.1 Å². The molecule has 1 aliphatic heterocycles. The standard InChI is InChI=1S/C16H23N3O3S/c1-3-7-18-15(20)16(21-2,13-19-9-11-22-12-10-19)23-14-6-4-5-8-17-14/h3-6,8H,1,7,9-13H2,2H3,(H,18,20). The van der Waals surface area contributed by atoms with E-state index < -0.39 is 4.93 Å². The second-order valence-electron chi connectivity index (χ2n) is 5.11. The van der Waals surface area contributed by atoms with E-state index in [0.717, 1.165) is 18.1 Å². The minimum atomic E-state index is -1.06. The van der Waals surface area contributed by atoms with Gasteiger partial charge >= 0.3 is 0 Å². The fraction of sp³-hybridized carbons (Fsp3) is 0.500. The topological polar surface area (TPSA) is 63.7 Å². The normalized spacial score (nSPS) is 18.1. The molecule has 0 aliphatic carbocycles.